The molecule has 2 atom stereocenters. The van der Waals surface area contributed by atoms with Crippen molar-refractivity contribution in [2.75, 3.05) is 38.7 Å². The van der Waals surface area contributed by atoms with Gasteiger partial charge in [-0.3, -0.25) is 15.0 Å². The molecule has 0 spiro atoms. The highest BCUT2D eigenvalue weighted by Gasteiger charge is 2.36. The Hall–Kier alpha value is -4.16. The van der Waals surface area contributed by atoms with Crippen molar-refractivity contribution in [1.82, 2.24) is 29.8 Å². The molecule has 226 valence electrons. The SMILES string of the molecule is COCCN1C[C@@H](NC(=O)Nc2c(C)c(-c3cnn(C(=O)C4CC4)c3)nn2C2=CCCC=C2)[C@H](c2ccc(F)c(F)c2)C1. The van der Waals surface area contributed by atoms with Crippen molar-refractivity contribution in [3.05, 3.63) is 71.6 Å². The first-order chi connectivity index (χ1) is 20.8. The number of methoxy groups -OCH3 is 1. The van der Waals surface area contributed by atoms with Crippen molar-refractivity contribution in [1.29, 1.82) is 0 Å². The number of benzene rings is 1. The number of hydrogen-bond acceptors (Lipinski definition) is 6. The third-order valence-corrected chi connectivity index (χ3v) is 8.28. The quantitative estimate of drug-likeness (QED) is 0.370. The first-order valence-corrected chi connectivity index (χ1v) is 14.6. The molecule has 43 heavy (non-hydrogen) atoms. The van der Waals surface area contributed by atoms with Crippen LogP contribution < -0.4 is 10.6 Å². The lowest BCUT2D eigenvalue weighted by molar-refractivity contribution is 0.0870. The van der Waals surface area contributed by atoms with Gasteiger partial charge in [0.25, 0.3) is 0 Å². The van der Waals surface area contributed by atoms with Gasteiger partial charge in [-0.15, -0.1) is 0 Å². The number of ether oxygens (including phenoxy) is 1. The highest BCUT2D eigenvalue weighted by atomic mass is 19.2. The van der Waals surface area contributed by atoms with E-state index in [4.69, 9.17) is 9.84 Å². The number of urea groups is 1. The molecule has 3 aliphatic rings. The largest absolute Gasteiger partial charge is 0.383 e. The molecule has 1 saturated carbocycles. The van der Waals surface area contributed by atoms with E-state index < -0.39 is 17.7 Å². The third kappa shape index (κ3) is 6.16. The molecular formula is C31H35F2N7O3. The van der Waals surface area contributed by atoms with Gasteiger partial charge in [0, 0.05) is 55.9 Å². The van der Waals surface area contributed by atoms with Crippen LogP contribution in [-0.2, 0) is 4.74 Å². The van der Waals surface area contributed by atoms with Crippen LogP contribution in [0.1, 0.15) is 47.5 Å². The molecule has 10 nitrogen and oxygen atoms in total. The third-order valence-electron chi connectivity index (χ3n) is 8.28. The van der Waals surface area contributed by atoms with Crippen molar-refractivity contribution in [3.63, 3.8) is 0 Å². The van der Waals surface area contributed by atoms with Gasteiger partial charge in [0.05, 0.1) is 24.5 Å². The lowest BCUT2D eigenvalue weighted by Crippen LogP contribution is -2.42. The van der Waals surface area contributed by atoms with E-state index in [1.807, 2.05) is 13.0 Å². The Balaban J connectivity index is 1.26. The highest BCUT2D eigenvalue weighted by molar-refractivity contribution is 5.92. The standard InChI is InChI=1S/C31H35F2N7O3/c1-19-28(22-15-34-39(16-22)30(41)20-8-9-20)37-40(23-6-4-3-5-7-23)29(19)36-31(42)35-27-18-38(12-13-43-2)17-24(27)21-10-11-25(32)26(33)14-21/h4,6-7,10-11,14-16,20,24,27H,3,5,8-9,12-13,17-18H2,1-2H3,(H2,35,36,42)/t24-,27+/m0/s1. The molecule has 0 unspecified atom stereocenters. The van der Waals surface area contributed by atoms with E-state index in [9.17, 15) is 18.4 Å². The average molecular weight is 592 g/mol. The maximum atomic E-state index is 14.2. The van der Waals surface area contributed by atoms with E-state index in [0.29, 0.717) is 48.9 Å². The van der Waals surface area contributed by atoms with Gasteiger partial charge < -0.3 is 10.1 Å². The van der Waals surface area contributed by atoms with Crippen molar-refractivity contribution in [2.45, 2.75) is 44.6 Å². The van der Waals surface area contributed by atoms with Crippen molar-refractivity contribution in [3.8, 4) is 11.3 Å². The fourth-order valence-electron chi connectivity index (χ4n) is 5.77. The number of likely N-dealkylation sites (tertiary alicyclic amines) is 1. The van der Waals surface area contributed by atoms with Crippen LogP contribution in [0.2, 0.25) is 0 Å². The molecule has 2 aliphatic carbocycles. The minimum atomic E-state index is -0.918. The van der Waals surface area contributed by atoms with Gasteiger partial charge >= 0.3 is 6.03 Å². The first kappa shape index (κ1) is 28.9. The molecular weight excluding hydrogens is 556 g/mol. The van der Waals surface area contributed by atoms with Crippen LogP contribution in [0.5, 0.6) is 0 Å². The number of carbonyl (C=O) groups is 2. The monoisotopic (exact) mass is 591 g/mol. The predicted octanol–water partition coefficient (Wildman–Crippen LogP) is 4.81. The van der Waals surface area contributed by atoms with Crippen LogP contribution in [-0.4, -0.2) is 75.8 Å². The van der Waals surface area contributed by atoms with Gasteiger partial charge in [-0.2, -0.15) is 10.2 Å². The smallest absolute Gasteiger partial charge is 0.320 e. The molecule has 0 bridgehead atoms. The van der Waals surface area contributed by atoms with E-state index >= 15 is 0 Å². The molecule has 0 radical (unpaired) electrons. The zero-order chi connectivity index (χ0) is 30.1. The molecule has 1 aliphatic heterocycles. The number of hydrogen-bond donors (Lipinski definition) is 2. The van der Waals surface area contributed by atoms with Gasteiger partial charge in [0.15, 0.2) is 11.6 Å². The van der Waals surface area contributed by atoms with Crippen molar-refractivity contribution in [2.24, 2.45) is 5.92 Å². The maximum absolute atomic E-state index is 14.2. The van der Waals surface area contributed by atoms with Crippen LogP contribution >= 0.6 is 0 Å². The van der Waals surface area contributed by atoms with Gasteiger partial charge in [0.1, 0.15) is 11.5 Å². The molecule has 2 amide bonds. The summed E-state index contributed by atoms with van der Waals surface area (Å²) in [4.78, 5) is 28.2. The van der Waals surface area contributed by atoms with Crippen LogP contribution in [0.4, 0.5) is 19.4 Å². The molecule has 12 heteroatoms. The molecule has 2 aromatic heterocycles. The second-order valence-electron chi connectivity index (χ2n) is 11.4. The fourth-order valence-corrected chi connectivity index (χ4v) is 5.77. The summed E-state index contributed by atoms with van der Waals surface area (Å²) in [5.41, 5.74) is 3.44. The minimum Gasteiger partial charge on any atom is -0.383 e. The van der Waals surface area contributed by atoms with E-state index in [1.54, 1.807) is 30.3 Å². The summed E-state index contributed by atoms with van der Waals surface area (Å²) in [6, 6.07) is 3.08. The Kier molecular flexibility index (Phi) is 8.22. The van der Waals surface area contributed by atoms with Gasteiger partial charge in [-0.05, 0) is 56.4 Å². The molecule has 1 aromatic carbocycles. The number of carbonyl (C=O) groups excluding carboxylic acids is 2. The summed E-state index contributed by atoms with van der Waals surface area (Å²) in [6.07, 6.45) is 12.9. The number of nitrogens with one attached hydrogen (secondary N) is 2. The van der Waals surface area contributed by atoms with Crippen LogP contribution in [0.25, 0.3) is 17.0 Å². The lowest BCUT2D eigenvalue weighted by atomic mass is 9.94. The van der Waals surface area contributed by atoms with Crippen molar-refractivity contribution < 1.29 is 23.1 Å². The number of allylic oxidation sites excluding steroid dienone is 4. The number of anilines is 1. The number of rotatable bonds is 9. The Morgan fingerprint density at radius 1 is 1.14 bits per heavy atom. The lowest BCUT2D eigenvalue weighted by Gasteiger charge is -2.21. The topological polar surface area (TPSA) is 106 Å². The maximum Gasteiger partial charge on any atom is 0.320 e. The Morgan fingerprint density at radius 3 is 2.70 bits per heavy atom. The highest BCUT2D eigenvalue weighted by Crippen LogP contribution is 2.34. The number of amides is 2. The minimum absolute atomic E-state index is 0.0225. The van der Waals surface area contributed by atoms with Crippen LogP contribution in [0.15, 0.2) is 48.8 Å². The van der Waals surface area contributed by atoms with E-state index in [0.717, 1.165) is 43.0 Å². The molecule has 3 heterocycles. The van der Waals surface area contributed by atoms with E-state index in [1.165, 1.54) is 10.7 Å². The molecule has 6 rings (SSSR count). The number of aromatic nitrogens is 4. The predicted molar refractivity (Wildman–Crippen MR) is 158 cm³/mol. The number of nitrogens with zero attached hydrogens (tertiary/aromatic N) is 5. The molecule has 1 saturated heterocycles. The fraction of sp³-hybridized carbons (Fsp3) is 0.419. The Morgan fingerprint density at radius 2 is 1.98 bits per heavy atom. The van der Waals surface area contributed by atoms with Gasteiger partial charge in [-0.25, -0.2) is 22.9 Å². The number of halogens is 2. The Bertz CT molecular complexity index is 1590. The van der Waals surface area contributed by atoms with Crippen LogP contribution in [0.3, 0.4) is 0 Å². The van der Waals surface area contributed by atoms with Crippen molar-refractivity contribution >= 4 is 23.5 Å². The summed E-state index contributed by atoms with van der Waals surface area (Å²) in [6.45, 7) is 4.10. The first-order valence-electron chi connectivity index (χ1n) is 14.6. The molecule has 2 fully saturated rings. The summed E-state index contributed by atoms with van der Waals surface area (Å²) >= 11 is 0. The second kappa shape index (κ2) is 12.2. The van der Waals surface area contributed by atoms with E-state index in [2.05, 4.69) is 32.8 Å². The average Bonchev–Trinajstić information content (AvgIpc) is 3.48. The van der Waals surface area contributed by atoms with Crippen LogP contribution in [0, 0.1) is 24.5 Å². The zero-order valence-electron chi connectivity index (χ0n) is 24.2. The normalized spacial score (nSPS) is 20.3. The second-order valence-corrected chi connectivity index (χ2v) is 11.4. The Labute approximate surface area is 248 Å². The summed E-state index contributed by atoms with van der Waals surface area (Å²) in [5.74, 6) is -1.58. The summed E-state index contributed by atoms with van der Waals surface area (Å²) < 4.78 is 36.1. The zero-order valence-corrected chi connectivity index (χ0v) is 24.2. The summed E-state index contributed by atoms with van der Waals surface area (Å²) in [5, 5.41) is 15.2. The van der Waals surface area contributed by atoms with Gasteiger partial charge in [-0.1, -0.05) is 18.2 Å². The van der Waals surface area contributed by atoms with E-state index in [-0.39, 0.29) is 23.8 Å². The van der Waals surface area contributed by atoms with Gasteiger partial charge in [0.2, 0.25) is 5.91 Å². The molecule has 2 N–H and O–H groups in total. The summed E-state index contributed by atoms with van der Waals surface area (Å²) in [7, 11) is 1.62. The molecule has 3 aromatic rings.